The Morgan fingerprint density at radius 2 is 2.27 bits per heavy atom. The third-order valence-corrected chi connectivity index (χ3v) is 3.88. The van der Waals surface area contributed by atoms with E-state index in [-0.39, 0.29) is 18.8 Å². The summed E-state index contributed by atoms with van der Waals surface area (Å²) in [5.41, 5.74) is 6.40. The highest BCUT2D eigenvalue weighted by atomic mass is 16.4. The lowest BCUT2D eigenvalue weighted by Crippen LogP contribution is -2.53. The molecule has 1 aliphatic rings. The Kier molecular flexibility index (Phi) is 4.84. The number of rotatable bonds is 6. The molecule has 0 saturated heterocycles. The quantitative estimate of drug-likeness (QED) is 0.451. The molecule has 0 radical (unpaired) electrons. The van der Waals surface area contributed by atoms with Crippen LogP contribution >= 0.6 is 0 Å². The van der Waals surface area contributed by atoms with E-state index >= 15 is 0 Å². The number of carbonyl (C=O) groups excluding carboxylic acids is 2. The topological polar surface area (TPSA) is 180 Å². The van der Waals surface area contributed by atoms with Gasteiger partial charge in [-0.3, -0.25) is 19.3 Å². The van der Waals surface area contributed by atoms with E-state index in [2.05, 4.69) is 30.9 Å². The van der Waals surface area contributed by atoms with Gasteiger partial charge < -0.3 is 16.2 Å². The monoisotopic (exact) mass is 360 g/mol. The number of carboxylic acid groups (broad SMARTS) is 1. The van der Waals surface area contributed by atoms with Gasteiger partial charge in [-0.15, -0.1) is 10.2 Å². The molecule has 3 heterocycles. The molecule has 0 spiro atoms. The van der Waals surface area contributed by atoms with E-state index in [4.69, 9.17) is 10.8 Å². The number of tetrazole rings is 1. The minimum absolute atomic E-state index is 0.0266. The minimum Gasteiger partial charge on any atom is -0.481 e. The molecule has 26 heavy (non-hydrogen) atoms. The zero-order chi connectivity index (χ0) is 18.7. The second-order valence-electron chi connectivity index (χ2n) is 5.66. The zero-order valence-electron chi connectivity index (χ0n) is 13.5. The van der Waals surface area contributed by atoms with Gasteiger partial charge >= 0.3 is 5.97 Å². The van der Waals surface area contributed by atoms with Crippen LogP contribution < -0.4 is 16.0 Å². The van der Waals surface area contributed by atoms with E-state index < -0.39 is 36.3 Å². The van der Waals surface area contributed by atoms with Crippen molar-refractivity contribution in [1.29, 1.82) is 0 Å². The van der Waals surface area contributed by atoms with Crippen LogP contribution in [0.25, 0.3) is 0 Å². The number of amides is 2. The van der Waals surface area contributed by atoms with Crippen LogP contribution in [0.1, 0.15) is 17.8 Å². The minimum atomic E-state index is -1.28. The van der Waals surface area contributed by atoms with Gasteiger partial charge in [-0.05, 0) is 11.6 Å². The predicted molar refractivity (Wildman–Crippen MR) is 85.5 cm³/mol. The van der Waals surface area contributed by atoms with Crippen LogP contribution in [0.15, 0.2) is 18.3 Å². The molecular formula is C14H16N8O4. The maximum absolute atomic E-state index is 12.7. The number of aromatic amines is 1. The predicted octanol–water partition coefficient (Wildman–Crippen LogP) is -2.03. The lowest BCUT2D eigenvalue weighted by molar-refractivity contribution is -0.139. The molecule has 0 fully saturated rings. The van der Waals surface area contributed by atoms with Gasteiger partial charge in [-0.1, -0.05) is 11.3 Å². The number of carbonyl (C=O) groups is 3. The van der Waals surface area contributed by atoms with E-state index in [9.17, 15) is 14.4 Å². The van der Waals surface area contributed by atoms with Gasteiger partial charge in [0, 0.05) is 12.6 Å². The molecule has 12 nitrogen and oxygen atoms in total. The smallest absolute Gasteiger partial charge is 0.305 e. The molecule has 5 N–H and O–H groups in total. The molecule has 0 aromatic carbocycles. The first-order valence-electron chi connectivity index (χ1n) is 7.71. The van der Waals surface area contributed by atoms with Crippen LogP contribution in [0.3, 0.4) is 0 Å². The van der Waals surface area contributed by atoms with Crippen LogP contribution in [0.5, 0.6) is 0 Å². The molecule has 0 bridgehead atoms. The Balaban J connectivity index is 1.80. The summed E-state index contributed by atoms with van der Waals surface area (Å²) in [5, 5.41) is 24.6. The van der Waals surface area contributed by atoms with Gasteiger partial charge in [-0.25, -0.2) is 4.98 Å². The van der Waals surface area contributed by atoms with Gasteiger partial charge in [0.25, 0.3) is 0 Å². The third kappa shape index (κ3) is 3.49. The second-order valence-corrected chi connectivity index (χ2v) is 5.66. The summed E-state index contributed by atoms with van der Waals surface area (Å²) in [6.07, 6.45) is 1.18. The Labute approximate surface area is 146 Å². The maximum Gasteiger partial charge on any atom is 0.305 e. The summed E-state index contributed by atoms with van der Waals surface area (Å²) in [6, 6.07) is 1.27. The largest absolute Gasteiger partial charge is 0.481 e. The fraction of sp³-hybridized carbons (Fsp3) is 0.357. The van der Waals surface area contributed by atoms with E-state index in [0.717, 1.165) is 4.90 Å². The number of aliphatic carboxylic acids is 1. The van der Waals surface area contributed by atoms with Crippen molar-refractivity contribution in [1.82, 2.24) is 30.9 Å². The van der Waals surface area contributed by atoms with E-state index in [0.29, 0.717) is 11.4 Å². The summed E-state index contributed by atoms with van der Waals surface area (Å²) in [4.78, 5) is 41.4. The highest BCUT2D eigenvalue weighted by Gasteiger charge is 2.41. The van der Waals surface area contributed by atoms with Gasteiger partial charge in [0.2, 0.25) is 11.8 Å². The van der Waals surface area contributed by atoms with Crippen molar-refractivity contribution in [3.8, 4) is 0 Å². The standard InChI is InChI=1S/C14H16N8O4/c15-8(5-11(23)24)14(26)22-9(4-7-2-1-3-16-12(7)22)13(25)17-6-10-18-20-21-19-10/h1-3,8-9H,4-6,15H2,(H,17,25)(H,23,24)(H,18,19,20,21). The first kappa shape index (κ1) is 17.4. The average Bonchev–Trinajstić information content (AvgIpc) is 3.25. The molecule has 0 aliphatic carbocycles. The van der Waals surface area contributed by atoms with Gasteiger partial charge in [0.15, 0.2) is 5.82 Å². The van der Waals surface area contributed by atoms with Crippen LogP contribution in [-0.4, -0.2) is 60.6 Å². The van der Waals surface area contributed by atoms with Gasteiger partial charge in [-0.2, -0.15) is 5.21 Å². The van der Waals surface area contributed by atoms with E-state index in [1.807, 2.05) is 0 Å². The molecular weight excluding hydrogens is 344 g/mol. The molecule has 2 amide bonds. The summed E-state index contributed by atoms with van der Waals surface area (Å²) in [6.45, 7) is 0.0266. The zero-order valence-corrected chi connectivity index (χ0v) is 13.5. The van der Waals surface area contributed by atoms with Crippen molar-refractivity contribution < 1.29 is 19.5 Å². The number of nitrogens with one attached hydrogen (secondary N) is 2. The fourth-order valence-electron chi connectivity index (χ4n) is 2.72. The number of aromatic nitrogens is 5. The van der Waals surface area contributed by atoms with Crippen molar-refractivity contribution in [3.63, 3.8) is 0 Å². The average molecular weight is 360 g/mol. The molecule has 136 valence electrons. The van der Waals surface area contributed by atoms with Gasteiger partial charge in [0.1, 0.15) is 11.9 Å². The molecule has 2 aromatic heterocycles. The SMILES string of the molecule is NC(CC(=O)O)C(=O)N1c2ncccc2CC1C(=O)NCc1nn[nH]n1. The number of fused-ring (bicyclic) bond motifs is 1. The lowest BCUT2D eigenvalue weighted by Gasteiger charge is -2.26. The number of anilines is 1. The molecule has 1 aliphatic heterocycles. The van der Waals surface area contributed by atoms with E-state index in [1.165, 1.54) is 6.20 Å². The van der Waals surface area contributed by atoms with Crippen molar-refractivity contribution >= 4 is 23.6 Å². The molecule has 0 saturated carbocycles. The van der Waals surface area contributed by atoms with Crippen molar-refractivity contribution in [2.24, 2.45) is 5.73 Å². The van der Waals surface area contributed by atoms with Crippen LogP contribution in [0.2, 0.25) is 0 Å². The van der Waals surface area contributed by atoms with Crippen molar-refractivity contribution in [2.45, 2.75) is 31.5 Å². The van der Waals surface area contributed by atoms with Crippen LogP contribution in [0.4, 0.5) is 5.82 Å². The molecule has 3 rings (SSSR count). The Morgan fingerprint density at radius 3 is 2.96 bits per heavy atom. The Hall–Kier alpha value is -3.41. The van der Waals surface area contributed by atoms with Gasteiger partial charge in [0.05, 0.1) is 19.0 Å². The number of hydrogen-bond donors (Lipinski definition) is 4. The maximum atomic E-state index is 12.7. The lowest BCUT2D eigenvalue weighted by atomic mass is 10.1. The number of nitrogens with two attached hydrogens (primary N) is 1. The number of pyridine rings is 1. The fourth-order valence-corrected chi connectivity index (χ4v) is 2.72. The summed E-state index contributed by atoms with van der Waals surface area (Å²) in [5.74, 6) is -1.75. The summed E-state index contributed by atoms with van der Waals surface area (Å²) < 4.78 is 0. The molecule has 2 aromatic rings. The third-order valence-electron chi connectivity index (χ3n) is 3.88. The van der Waals surface area contributed by atoms with Crippen molar-refractivity contribution in [3.05, 3.63) is 29.7 Å². The summed E-state index contributed by atoms with van der Waals surface area (Å²) in [7, 11) is 0. The van der Waals surface area contributed by atoms with Crippen LogP contribution in [0, 0.1) is 0 Å². The first-order valence-corrected chi connectivity index (χ1v) is 7.71. The van der Waals surface area contributed by atoms with Crippen LogP contribution in [-0.2, 0) is 27.3 Å². The number of carboxylic acids is 1. The van der Waals surface area contributed by atoms with E-state index in [1.54, 1.807) is 12.1 Å². The highest BCUT2D eigenvalue weighted by Crippen LogP contribution is 2.30. The number of H-pyrrole nitrogens is 1. The molecule has 2 unspecified atom stereocenters. The van der Waals surface area contributed by atoms with Crippen molar-refractivity contribution in [2.75, 3.05) is 4.90 Å². The summed E-state index contributed by atoms with van der Waals surface area (Å²) >= 11 is 0. The number of hydrogen-bond acceptors (Lipinski definition) is 8. The Morgan fingerprint density at radius 1 is 1.46 bits per heavy atom. The Bertz CT molecular complexity index is 824. The normalized spacial score (nSPS) is 16.8. The molecule has 12 heteroatoms. The second kappa shape index (κ2) is 7.23. The highest BCUT2D eigenvalue weighted by molar-refractivity contribution is 6.05. The number of nitrogens with zero attached hydrogens (tertiary/aromatic N) is 5. The molecule has 2 atom stereocenters. The first-order chi connectivity index (χ1) is 12.5.